The number of hydrogen-bond donors (Lipinski definition) is 2. The van der Waals surface area contributed by atoms with Crippen molar-refractivity contribution in [2.24, 2.45) is 0 Å². The molecule has 2 nitrogen and oxygen atoms in total. The van der Waals surface area contributed by atoms with E-state index >= 15 is 0 Å². The Morgan fingerprint density at radius 2 is 2.28 bits per heavy atom. The third-order valence-electron chi connectivity index (χ3n) is 3.57. The van der Waals surface area contributed by atoms with Gasteiger partial charge in [-0.25, -0.2) is 0 Å². The molecule has 2 unspecified atom stereocenters. The van der Waals surface area contributed by atoms with Crippen LogP contribution >= 0.6 is 11.6 Å². The lowest BCUT2D eigenvalue weighted by Gasteiger charge is -2.31. The van der Waals surface area contributed by atoms with E-state index in [4.69, 9.17) is 11.6 Å². The number of nitrogens with one attached hydrogen (secondary N) is 1. The molecule has 18 heavy (non-hydrogen) atoms. The quantitative estimate of drug-likeness (QED) is 0.878. The van der Waals surface area contributed by atoms with Crippen LogP contribution in [0.2, 0.25) is 5.02 Å². The van der Waals surface area contributed by atoms with Crippen LogP contribution in [0.3, 0.4) is 0 Å². The molecule has 0 spiro atoms. The minimum atomic E-state index is -0.667. The third kappa shape index (κ3) is 4.27. The van der Waals surface area contributed by atoms with E-state index in [0.717, 1.165) is 23.6 Å². The Kier molecular flexibility index (Phi) is 4.66. The van der Waals surface area contributed by atoms with Gasteiger partial charge >= 0.3 is 0 Å². The number of benzene rings is 1. The molecule has 0 amide bonds. The minimum absolute atomic E-state index is 0.452. The molecular weight excluding hydrogens is 246 g/mol. The fraction of sp³-hybridized carbons (Fsp3) is 0.600. The molecule has 1 aliphatic heterocycles. The Hall–Kier alpha value is -0.570. The van der Waals surface area contributed by atoms with Crippen molar-refractivity contribution >= 4 is 11.6 Å². The van der Waals surface area contributed by atoms with Crippen molar-refractivity contribution in [3.8, 4) is 0 Å². The molecular formula is C15H22ClNO. The number of hydrogen-bond acceptors (Lipinski definition) is 2. The van der Waals surface area contributed by atoms with E-state index in [9.17, 15) is 5.11 Å². The maximum atomic E-state index is 10.5. The number of rotatable bonds is 4. The van der Waals surface area contributed by atoms with Crippen molar-refractivity contribution in [2.75, 3.05) is 6.54 Å². The second-order valence-corrected chi connectivity index (χ2v) is 6.09. The van der Waals surface area contributed by atoms with Crippen molar-refractivity contribution in [3.63, 3.8) is 0 Å². The first-order valence-electron chi connectivity index (χ1n) is 6.75. The summed E-state index contributed by atoms with van der Waals surface area (Å²) in [5.41, 5.74) is 0.433. The van der Waals surface area contributed by atoms with Gasteiger partial charge in [0.05, 0.1) is 5.60 Å². The van der Waals surface area contributed by atoms with Gasteiger partial charge in [-0.15, -0.1) is 0 Å². The number of aliphatic hydroxyl groups is 1. The highest BCUT2D eigenvalue weighted by Gasteiger charge is 2.26. The first-order valence-corrected chi connectivity index (χ1v) is 7.13. The van der Waals surface area contributed by atoms with Crippen LogP contribution in [0.25, 0.3) is 0 Å². The van der Waals surface area contributed by atoms with E-state index in [1.165, 1.54) is 19.3 Å². The monoisotopic (exact) mass is 267 g/mol. The van der Waals surface area contributed by atoms with Crippen LogP contribution in [0.1, 0.15) is 38.2 Å². The molecule has 0 bridgehead atoms. The van der Waals surface area contributed by atoms with Crippen molar-refractivity contribution < 1.29 is 5.11 Å². The number of piperidine rings is 1. The first-order chi connectivity index (χ1) is 8.55. The van der Waals surface area contributed by atoms with Gasteiger partial charge in [-0.2, -0.15) is 0 Å². The molecule has 100 valence electrons. The summed E-state index contributed by atoms with van der Waals surface area (Å²) in [7, 11) is 0. The molecule has 1 heterocycles. The van der Waals surface area contributed by atoms with Gasteiger partial charge < -0.3 is 10.4 Å². The van der Waals surface area contributed by atoms with Crippen LogP contribution in [-0.2, 0) is 6.42 Å². The normalized spacial score (nSPS) is 23.6. The molecule has 1 aliphatic rings. The second kappa shape index (κ2) is 6.05. The van der Waals surface area contributed by atoms with Gasteiger partial charge in [0.1, 0.15) is 0 Å². The Morgan fingerprint density at radius 3 is 2.94 bits per heavy atom. The zero-order valence-corrected chi connectivity index (χ0v) is 11.7. The van der Waals surface area contributed by atoms with E-state index in [-0.39, 0.29) is 0 Å². The Balaban J connectivity index is 1.93. The average molecular weight is 268 g/mol. The molecule has 2 rings (SSSR count). The summed E-state index contributed by atoms with van der Waals surface area (Å²) in [6, 6.07) is 8.21. The van der Waals surface area contributed by atoms with E-state index in [1.54, 1.807) is 0 Å². The average Bonchev–Trinajstić information content (AvgIpc) is 2.28. The lowest BCUT2D eigenvalue weighted by atomic mass is 9.87. The lowest BCUT2D eigenvalue weighted by molar-refractivity contribution is 0.0371. The standard InChI is InChI=1S/C15H22ClNO/c1-15(18,11-14-7-2-3-8-17-14)10-12-5-4-6-13(16)9-12/h4-6,9,14,17-18H,2-3,7-8,10-11H2,1H3. The molecule has 0 radical (unpaired) electrons. The van der Waals surface area contributed by atoms with Crippen LogP contribution in [-0.4, -0.2) is 23.3 Å². The predicted octanol–water partition coefficient (Wildman–Crippen LogP) is 3.17. The SMILES string of the molecule is CC(O)(Cc1cccc(Cl)c1)CC1CCCCN1. The van der Waals surface area contributed by atoms with Crippen molar-refractivity contribution in [1.82, 2.24) is 5.32 Å². The molecule has 1 fully saturated rings. The summed E-state index contributed by atoms with van der Waals surface area (Å²) >= 11 is 5.97. The molecule has 1 aromatic carbocycles. The van der Waals surface area contributed by atoms with Gasteiger partial charge in [-0.1, -0.05) is 30.2 Å². The van der Waals surface area contributed by atoms with Gasteiger partial charge in [0.15, 0.2) is 0 Å². The highest BCUT2D eigenvalue weighted by Crippen LogP contribution is 2.23. The summed E-state index contributed by atoms with van der Waals surface area (Å²) in [5.74, 6) is 0. The molecule has 2 atom stereocenters. The molecule has 1 saturated heterocycles. The Labute approximate surface area is 114 Å². The Morgan fingerprint density at radius 1 is 1.44 bits per heavy atom. The zero-order chi connectivity index (χ0) is 13.0. The summed E-state index contributed by atoms with van der Waals surface area (Å²) in [5, 5.41) is 14.7. The van der Waals surface area contributed by atoms with Crippen LogP contribution < -0.4 is 5.32 Å². The van der Waals surface area contributed by atoms with E-state index < -0.39 is 5.60 Å². The van der Waals surface area contributed by atoms with Crippen molar-refractivity contribution in [2.45, 2.75) is 50.7 Å². The molecule has 0 aromatic heterocycles. The largest absolute Gasteiger partial charge is 0.390 e. The third-order valence-corrected chi connectivity index (χ3v) is 3.81. The molecule has 0 saturated carbocycles. The Bertz CT molecular complexity index is 386. The van der Waals surface area contributed by atoms with E-state index in [2.05, 4.69) is 5.32 Å². The van der Waals surface area contributed by atoms with Crippen LogP contribution in [0.4, 0.5) is 0 Å². The molecule has 1 aromatic rings. The topological polar surface area (TPSA) is 32.3 Å². The van der Waals surface area contributed by atoms with Gasteiger partial charge in [0.25, 0.3) is 0 Å². The van der Waals surface area contributed by atoms with E-state index in [1.807, 2.05) is 31.2 Å². The highest BCUT2D eigenvalue weighted by atomic mass is 35.5. The first kappa shape index (κ1) is 13.9. The van der Waals surface area contributed by atoms with Crippen LogP contribution in [0, 0.1) is 0 Å². The predicted molar refractivity (Wildman–Crippen MR) is 76.0 cm³/mol. The second-order valence-electron chi connectivity index (χ2n) is 5.65. The van der Waals surface area contributed by atoms with Gasteiger partial charge in [0.2, 0.25) is 0 Å². The van der Waals surface area contributed by atoms with Crippen molar-refractivity contribution in [1.29, 1.82) is 0 Å². The van der Waals surface area contributed by atoms with E-state index in [0.29, 0.717) is 12.5 Å². The highest BCUT2D eigenvalue weighted by molar-refractivity contribution is 6.30. The molecule has 2 N–H and O–H groups in total. The number of halogens is 1. The smallest absolute Gasteiger partial charge is 0.0674 e. The molecule has 3 heteroatoms. The molecule has 0 aliphatic carbocycles. The minimum Gasteiger partial charge on any atom is -0.390 e. The van der Waals surface area contributed by atoms with Crippen LogP contribution in [0.5, 0.6) is 0 Å². The zero-order valence-electron chi connectivity index (χ0n) is 11.0. The lowest BCUT2D eigenvalue weighted by Crippen LogP contribution is -2.41. The summed E-state index contributed by atoms with van der Waals surface area (Å²) in [4.78, 5) is 0. The summed E-state index contributed by atoms with van der Waals surface area (Å²) < 4.78 is 0. The fourth-order valence-electron chi connectivity index (χ4n) is 2.79. The van der Waals surface area contributed by atoms with Crippen LogP contribution in [0.15, 0.2) is 24.3 Å². The summed E-state index contributed by atoms with van der Waals surface area (Å²) in [6.45, 7) is 3.00. The summed E-state index contributed by atoms with van der Waals surface area (Å²) in [6.07, 6.45) is 5.16. The van der Waals surface area contributed by atoms with Gasteiger partial charge in [-0.05, 0) is 50.4 Å². The van der Waals surface area contributed by atoms with Gasteiger partial charge in [0, 0.05) is 17.5 Å². The van der Waals surface area contributed by atoms with Crippen molar-refractivity contribution in [3.05, 3.63) is 34.9 Å². The van der Waals surface area contributed by atoms with Gasteiger partial charge in [-0.3, -0.25) is 0 Å². The maximum absolute atomic E-state index is 10.5. The maximum Gasteiger partial charge on any atom is 0.0674 e. The fourth-order valence-corrected chi connectivity index (χ4v) is 3.00.